The summed E-state index contributed by atoms with van der Waals surface area (Å²) in [7, 11) is 2.10. The van der Waals surface area contributed by atoms with Gasteiger partial charge in [0.25, 0.3) is 0 Å². The molecule has 22 heavy (non-hydrogen) atoms. The smallest absolute Gasteiger partial charge is 0.337 e. The zero-order valence-corrected chi connectivity index (χ0v) is 12.7. The second-order valence-corrected chi connectivity index (χ2v) is 5.63. The van der Waals surface area contributed by atoms with Gasteiger partial charge >= 0.3 is 5.97 Å². The Labute approximate surface area is 128 Å². The van der Waals surface area contributed by atoms with Crippen molar-refractivity contribution in [2.75, 3.05) is 13.6 Å². The normalized spacial score (nSPS) is 18.5. The first-order valence-electron chi connectivity index (χ1n) is 7.29. The van der Waals surface area contributed by atoms with Crippen LogP contribution in [0.25, 0.3) is 11.3 Å². The van der Waals surface area contributed by atoms with Crippen LogP contribution in [0.1, 0.15) is 40.8 Å². The molecule has 1 N–H and O–H groups in total. The molecule has 0 spiro atoms. The van der Waals surface area contributed by atoms with Gasteiger partial charge in [-0.2, -0.15) is 0 Å². The molecule has 2 aromatic rings. The summed E-state index contributed by atoms with van der Waals surface area (Å²) < 4.78 is 0. The maximum Gasteiger partial charge on any atom is 0.337 e. The Hall–Kier alpha value is -2.34. The number of aryl methyl sites for hydroxylation is 1. The van der Waals surface area contributed by atoms with Crippen LogP contribution in [0.15, 0.2) is 24.5 Å². The molecule has 3 rings (SSSR count). The minimum Gasteiger partial charge on any atom is -0.478 e. The number of carboxylic acid groups (broad SMARTS) is 1. The first-order valence-corrected chi connectivity index (χ1v) is 7.29. The molecule has 0 aromatic carbocycles. The molecule has 6 nitrogen and oxygen atoms in total. The predicted octanol–water partition coefficient (Wildman–Crippen LogP) is 2.31. The highest BCUT2D eigenvalue weighted by Crippen LogP contribution is 2.31. The highest BCUT2D eigenvalue weighted by Gasteiger charge is 2.24. The van der Waals surface area contributed by atoms with Crippen molar-refractivity contribution in [2.45, 2.75) is 25.8 Å². The molecule has 1 aliphatic heterocycles. The second kappa shape index (κ2) is 5.81. The van der Waals surface area contributed by atoms with Crippen molar-refractivity contribution in [3.63, 3.8) is 0 Å². The summed E-state index contributed by atoms with van der Waals surface area (Å²) in [5.74, 6) is -0.301. The number of likely N-dealkylation sites (tertiary alicyclic amines) is 1. The first-order chi connectivity index (χ1) is 10.5. The Balaban J connectivity index is 2.02. The summed E-state index contributed by atoms with van der Waals surface area (Å²) in [5, 5.41) is 9.09. The van der Waals surface area contributed by atoms with Crippen LogP contribution in [0.3, 0.4) is 0 Å². The Kier molecular flexibility index (Phi) is 3.85. The van der Waals surface area contributed by atoms with Crippen LogP contribution in [-0.2, 0) is 0 Å². The zero-order valence-electron chi connectivity index (χ0n) is 12.7. The zero-order chi connectivity index (χ0) is 15.7. The minimum absolute atomic E-state index is 0.160. The lowest BCUT2D eigenvalue weighted by Gasteiger charge is -2.19. The molecule has 0 radical (unpaired) electrons. The maximum absolute atomic E-state index is 11.1. The standard InChI is InChI=1S/C16H18N4O2/c1-10-18-13(11-6-12(16(21)22)9-17-8-11)7-14(19-10)15-4-3-5-20(15)2/h6-9,15H,3-5H2,1-2H3,(H,21,22)/t15-/m0/s1. The van der Waals surface area contributed by atoms with Gasteiger partial charge in [-0.25, -0.2) is 14.8 Å². The number of hydrogen-bond acceptors (Lipinski definition) is 5. The van der Waals surface area contributed by atoms with Gasteiger partial charge in [0, 0.05) is 18.0 Å². The number of carbonyl (C=O) groups is 1. The molecule has 1 atom stereocenters. The summed E-state index contributed by atoms with van der Waals surface area (Å²) in [6.07, 6.45) is 5.22. The van der Waals surface area contributed by atoms with E-state index in [2.05, 4.69) is 26.9 Å². The lowest BCUT2D eigenvalue weighted by Crippen LogP contribution is -2.19. The van der Waals surface area contributed by atoms with Gasteiger partial charge in [-0.1, -0.05) is 0 Å². The highest BCUT2D eigenvalue weighted by molar-refractivity contribution is 5.88. The van der Waals surface area contributed by atoms with Crippen LogP contribution in [0.5, 0.6) is 0 Å². The Morgan fingerprint density at radius 2 is 2.14 bits per heavy atom. The van der Waals surface area contributed by atoms with Crippen molar-refractivity contribution in [3.05, 3.63) is 41.6 Å². The quantitative estimate of drug-likeness (QED) is 0.936. The largest absolute Gasteiger partial charge is 0.478 e. The van der Waals surface area contributed by atoms with Gasteiger partial charge < -0.3 is 5.11 Å². The van der Waals surface area contributed by atoms with Crippen molar-refractivity contribution in [3.8, 4) is 11.3 Å². The molecule has 0 saturated carbocycles. The molecule has 114 valence electrons. The molecule has 0 amide bonds. The maximum atomic E-state index is 11.1. The molecule has 0 bridgehead atoms. The van der Waals surface area contributed by atoms with Crippen LogP contribution >= 0.6 is 0 Å². The topological polar surface area (TPSA) is 79.2 Å². The number of aromatic carboxylic acids is 1. The predicted molar refractivity (Wildman–Crippen MR) is 81.6 cm³/mol. The van der Waals surface area contributed by atoms with Gasteiger partial charge in [-0.15, -0.1) is 0 Å². The van der Waals surface area contributed by atoms with E-state index in [0.29, 0.717) is 17.4 Å². The number of rotatable bonds is 3. The van der Waals surface area contributed by atoms with Gasteiger partial charge in [0.1, 0.15) is 5.82 Å². The van der Waals surface area contributed by atoms with Gasteiger partial charge in [0.2, 0.25) is 0 Å². The van der Waals surface area contributed by atoms with E-state index in [1.807, 2.05) is 13.0 Å². The fourth-order valence-corrected chi connectivity index (χ4v) is 2.89. The molecular weight excluding hydrogens is 280 g/mol. The SMILES string of the molecule is Cc1nc(-c2cncc(C(=O)O)c2)cc([C@@H]2CCCN2C)n1. The minimum atomic E-state index is -0.990. The average molecular weight is 298 g/mol. The number of carboxylic acids is 1. The van der Waals surface area contributed by atoms with Gasteiger partial charge in [0.05, 0.1) is 23.0 Å². The Morgan fingerprint density at radius 1 is 1.32 bits per heavy atom. The molecule has 1 aliphatic rings. The van der Waals surface area contributed by atoms with E-state index in [1.54, 1.807) is 12.3 Å². The fraction of sp³-hybridized carbons (Fsp3) is 0.375. The molecule has 6 heteroatoms. The van der Waals surface area contributed by atoms with Crippen LogP contribution in [0.2, 0.25) is 0 Å². The van der Waals surface area contributed by atoms with Gasteiger partial charge in [0.15, 0.2) is 0 Å². The number of aromatic nitrogens is 3. The highest BCUT2D eigenvalue weighted by atomic mass is 16.4. The third-order valence-electron chi connectivity index (χ3n) is 4.00. The average Bonchev–Trinajstić information content (AvgIpc) is 2.93. The number of hydrogen-bond donors (Lipinski definition) is 1. The molecule has 0 unspecified atom stereocenters. The summed E-state index contributed by atoms with van der Waals surface area (Å²) in [5.41, 5.74) is 2.57. The number of pyridine rings is 1. The van der Waals surface area contributed by atoms with Crippen LogP contribution < -0.4 is 0 Å². The van der Waals surface area contributed by atoms with E-state index in [0.717, 1.165) is 30.8 Å². The fourth-order valence-electron chi connectivity index (χ4n) is 2.89. The van der Waals surface area contributed by atoms with Gasteiger partial charge in [-0.05, 0) is 45.5 Å². The Morgan fingerprint density at radius 3 is 2.82 bits per heavy atom. The van der Waals surface area contributed by atoms with Crippen molar-refractivity contribution in [2.24, 2.45) is 0 Å². The third-order valence-corrected chi connectivity index (χ3v) is 4.00. The van der Waals surface area contributed by atoms with Crippen LogP contribution in [0, 0.1) is 6.92 Å². The van der Waals surface area contributed by atoms with Crippen LogP contribution in [0.4, 0.5) is 0 Å². The van der Waals surface area contributed by atoms with Crippen molar-refractivity contribution >= 4 is 5.97 Å². The summed E-state index contributed by atoms with van der Waals surface area (Å²) in [6, 6.07) is 3.84. The van der Waals surface area contributed by atoms with E-state index < -0.39 is 5.97 Å². The third kappa shape index (κ3) is 2.82. The monoisotopic (exact) mass is 298 g/mol. The number of nitrogens with zero attached hydrogens (tertiary/aromatic N) is 4. The second-order valence-electron chi connectivity index (χ2n) is 5.63. The van der Waals surface area contributed by atoms with E-state index in [-0.39, 0.29) is 5.56 Å². The van der Waals surface area contributed by atoms with E-state index >= 15 is 0 Å². The Bertz CT molecular complexity index is 717. The van der Waals surface area contributed by atoms with E-state index in [9.17, 15) is 4.79 Å². The molecule has 1 saturated heterocycles. The lowest BCUT2D eigenvalue weighted by atomic mass is 10.1. The summed E-state index contributed by atoms with van der Waals surface area (Å²) in [4.78, 5) is 26.4. The summed E-state index contributed by atoms with van der Waals surface area (Å²) in [6.45, 7) is 2.93. The van der Waals surface area contributed by atoms with Crippen LogP contribution in [-0.4, -0.2) is 44.5 Å². The first kappa shape index (κ1) is 14.6. The van der Waals surface area contributed by atoms with Crippen molar-refractivity contribution in [1.29, 1.82) is 0 Å². The van der Waals surface area contributed by atoms with Crippen molar-refractivity contribution in [1.82, 2.24) is 19.9 Å². The lowest BCUT2D eigenvalue weighted by molar-refractivity contribution is 0.0696. The molecule has 2 aromatic heterocycles. The molecule has 3 heterocycles. The molecule has 1 fully saturated rings. The summed E-state index contributed by atoms with van der Waals surface area (Å²) >= 11 is 0. The van der Waals surface area contributed by atoms with Crippen molar-refractivity contribution < 1.29 is 9.90 Å². The van der Waals surface area contributed by atoms with E-state index in [1.165, 1.54) is 6.20 Å². The molecule has 0 aliphatic carbocycles. The van der Waals surface area contributed by atoms with E-state index in [4.69, 9.17) is 5.11 Å². The molecular formula is C16H18N4O2. The van der Waals surface area contributed by atoms with Gasteiger partial charge in [-0.3, -0.25) is 9.88 Å².